The molecule has 2 amide bonds. The molecule has 1 saturated carbocycles. The normalized spacial score (nSPS) is 18.5. The molecule has 0 atom stereocenters. The van der Waals surface area contributed by atoms with Crippen LogP contribution in [0.1, 0.15) is 46.4 Å². The number of nitrogens with zero attached hydrogens (tertiary/aromatic N) is 3. The molecule has 1 fully saturated rings. The number of rotatable bonds is 6. The molecule has 4 rings (SSSR count). The summed E-state index contributed by atoms with van der Waals surface area (Å²) in [6.45, 7) is 0. The Hall–Kier alpha value is -3.44. The molecule has 3 heterocycles. The average Bonchev–Trinajstić information content (AvgIpc) is 3.19. The molecule has 11 heteroatoms. The van der Waals surface area contributed by atoms with Crippen LogP contribution in [0, 0.1) is 0 Å². The Morgan fingerprint density at radius 1 is 1.16 bits per heavy atom. The molecule has 31 heavy (non-hydrogen) atoms. The van der Waals surface area contributed by atoms with E-state index in [0.717, 1.165) is 12.8 Å². The zero-order valence-corrected chi connectivity index (χ0v) is 16.6. The number of nitrogens with one attached hydrogen (secondary N) is 1. The quantitative estimate of drug-likeness (QED) is 0.395. The molecule has 3 aromatic heterocycles. The molecule has 10 nitrogen and oxygen atoms in total. The summed E-state index contributed by atoms with van der Waals surface area (Å²) in [5.74, 6) is -0.586. The van der Waals surface area contributed by atoms with Crippen molar-refractivity contribution in [2.24, 2.45) is 5.73 Å². The highest BCUT2D eigenvalue weighted by molar-refractivity contribution is 6.58. The number of fused-ring (bicyclic) bond motifs is 1. The average molecular weight is 423 g/mol. The Morgan fingerprint density at radius 2 is 1.94 bits per heavy atom. The van der Waals surface area contributed by atoms with Gasteiger partial charge in [0.05, 0.1) is 17.3 Å². The van der Waals surface area contributed by atoms with Gasteiger partial charge in [0.2, 0.25) is 5.88 Å². The predicted molar refractivity (Wildman–Crippen MR) is 112 cm³/mol. The fourth-order valence-electron chi connectivity index (χ4n) is 3.75. The van der Waals surface area contributed by atoms with Crippen LogP contribution in [-0.4, -0.2) is 55.7 Å². The van der Waals surface area contributed by atoms with Crippen molar-refractivity contribution >= 4 is 29.9 Å². The Kier molecular flexibility index (Phi) is 5.87. The predicted octanol–water partition coefficient (Wildman–Crippen LogP) is -0.372. The third-order valence-electron chi connectivity index (χ3n) is 5.41. The van der Waals surface area contributed by atoms with Gasteiger partial charge in [0, 0.05) is 23.9 Å². The van der Waals surface area contributed by atoms with Crippen LogP contribution in [0.2, 0.25) is 0 Å². The van der Waals surface area contributed by atoms with Gasteiger partial charge in [0.15, 0.2) is 0 Å². The largest absolute Gasteiger partial charge is 0.490 e. The smallest absolute Gasteiger partial charge is 0.474 e. The number of aromatic nitrogens is 3. The van der Waals surface area contributed by atoms with Crippen molar-refractivity contribution in [2.45, 2.75) is 37.8 Å². The number of hydrogen-bond donors (Lipinski definition) is 4. The minimum Gasteiger partial charge on any atom is -0.474 e. The van der Waals surface area contributed by atoms with E-state index in [2.05, 4.69) is 15.4 Å². The molecule has 0 radical (unpaired) electrons. The highest BCUT2D eigenvalue weighted by Gasteiger charge is 2.26. The van der Waals surface area contributed by atoms with E-state index in [1.54, 1.807) is 30.5 Å². The standard InChI is InChI=1S/C20H22BN5O5/c22-18(27)15-2-1-9-23-20(15)31-14-6-4-13(5-7-14)25-19(28)16-10-24-26-11-12(21(29)30)3-8-17(16)26/h1-3,8-11,13-14,29-30H,4-7H2,(H2,22,27)(H,25,28)/t13-,14-. The molecule has 3 aromatic rings. The molecule has 1 aliphatic carbocycles. The summed E-state index contributed by atoms with van der Waals surface area (Å²) in [7, 11) is -1.60. The number of amides is 2. The first kappa shape index (κ1) is 20.8. The maximum Gasteiger partial charge on any atom is 0.490 e. The van der Waals surface area contributed by atoms with Crippen LogP contribution in [0.15, 0.2) is 42.9 Å². The van der Waals surface area contributed by atoms with Gasteiger partial charge in [0.1, 0.15) is 11.7 Å². The molecular weight excluding hydrogens is 401 g/mol. The monoisotopic (exact) mass is 423 g/mol. The number of primary amides is 1. The van der Waals surface area contributed by atoms with Gasteiger partial charge in [-0.25, -0.2) is 9.50 Å². The molecule has 0 aliphatic heterocycles. The van der Waals surface area contributed by atoms with Crippen LogP contribution in [0.3, 0.4) is 0 Å². The number of pyridine rings is 2. The van der Waals surface area contributed by atoms with Gasteiger partial charge in [0.25, 0.3) is 11.8 Å². The lowest BCUT2D eigenvalue weighted by Crippen LogP contribution is -2.39. The number of nitrogens with two attached hydrogens (primary N) is 1. The Labute approximate surface area is 178 Å². The summed E-state index contributed by atoms with van der Waals surface area (Å²) in [5.41, 5.74) is 6.90. The lowest BCUT2D eigenvalue weighted by Gasteiger charge is -2.29. The first-order valence-corrected chi connectivity index (χ1v) is 9.98. The molecule has 0 spiro atoms. The van der Waals surface area contributed by atoms with Gasteiger partial charge < -0.3 is 25.8 Å². The van der Waals surface area contributed by atoms with Crippen LogP contribution in [0.4, 0.5) is 0 Å². The van der Waals surface area contributed by atoms with Crippen LogP contribution in [0.25, 0.3) is 5.52 Å². The zero-order valence-electron chi connectivity index (χ0n) is 16.6. The molecule has 0 saturated heterocycles. The van der Waals surface area contributed by atoms with Crippen molar-refractivity contribution in [3.8, 4) is 5.88 Å². The number of carbonyl (C=O) groups excluding carboxylic acids is 2. The zero-order chi connectivity index (χ0) is 22.0. The number of carbonyl (C=O) groups is 2. The summed E-state index contributed by atoms with van der Waals surface area (Å²) in [4.78, 5) is 28.4. The van der Waals surface area contributed by atoms with Gasteiger partial charge in [-0.05, 0) is 43.9 Å². The Balaban J connectivity index is 1.36. The van der Waals surface area contributed by atoms with E-state index >= 15 is 0 Å². The van der Waals surface area contributed by atoms with E-state index in [-0.39, 0.29) is 35.0 Å². The van der Waals surface area contributed by atoms with E-state index in [4.69, 9.17) is 10.5 Å². The van der Waals surface area contributed by atoms with E-state index < -0.39 is 13.0 Å². The van der Waals surface area contributed by atoms with Gasteiger partial charge in [-0.15, -0.1) is 0 Å². The summed E-state index contributed by atoms with van der Waals surface area (Å²) in [5, 5.41) is 25.7. The first-order valence-electron chi connectivity index (χ1n) is 9.98. The second-order valence-corrected chi connectivity index (χ2v) is 7.51. The van der Waals surface area contributed by atoms with Gasteiger partial charge in [-0.1, -0.05) is 6.07 Å². The fourth-order valence-corrected chi connectivity index (χ4v) is 3.75. The summed E-state index contributed by atoms with van der Waals surface area (Å²) < 4.78 is 7.32. The maximum atomic E-state index is 12.7. The van der Waals surface area contributed by atoms with Crippen molar-refractivity contribution in [2.75, 3.05) is 0 Å². The van der Waals surface area contributed by atoms with Crippen molar-refractivity contribution in [3.05, 3.63) is 54.0 Å². The van der Waals surface area contributed by atoms with E-state index in [1.807, 2.05) is 0 Å². The van der Waals surface area contributed by atoms with Crippen molar-refractivity contribution in [3.63, 3.8) is 0 Å². The highest BCUT2D eigenvalue weighted by atomic mass is 16.5. The Morgan fingerprint density at radius 3 is 2.65 bits per heavy atom. The molecular formula is C20H22BN5O5. The molecule has 0 bridgehead atoms. The van der Waals surface area contributed by atoms with Crippen molar-refractivity contribution in [1.29, 1.82) is 0 Å². The van der Waals surface area contributed by atoms with Gasteiger partial charge in [-0.3, -0.25) is 9.59 Å². The maximum absolute atomic E-state index is 12.7. The minimum absolute atomic E-state index is 0.0137. The number of ether oxygens (including phenoxy) is 1. The third-order valence-corrected chi connectivity index (χ3v) is 5.41. The third kappa shape index (κ3) is 4.52. The topological polar surface area (TPSA) is 152 Å². The van der Waals surface area contributed by atoms with E-state index in [1.165, 1.54) is 16.9 Å². The van der Waals surface area contributed by atoms with Crippen molar-refractivity contribution in [1.82, 2.24) is 19.9 Å². The summed E-state index contributed by atoms with van der Waals surface area (Å²) in [6, 6.07) is 6.37. The molecule has 0 unspecified atom stereocenters. The van der Waals surface area contributed by atoms with E-state index in [9.17, 15) is 19.6 Å². The molecule has 0 aromatic carbocycles. The molecule has 5 N–H and O–H groups in total. The molecule has 160 valence electrons. The lowest BCUT2D eigenvalue weighted by molar-refractivity contribution is 0.0882. The fraction of sp³-hybridized carbons (Fsp3) is 0.300. The van der Waals surface area contributed by atoms with Crippen LogP contribution in [-0.2, 0) is 0 Å². The second-order valence-electron chi connectivity index (χ2n) is 7.51. The lowest BCUT2D eigenvalue weighted by atomic mass is 9.82. The van der Waals surface area contributed by atoms with Crippen LogP contribution in [0.5, 0.6) is 5.88 Å². The molecule has 1 aliphatic rings. The van der Waals surface area contributed by atoms with Crippen molar-refractivity contribution < 1.29 is 24.4 Å². The number of hydrogen-bond acceptors (Lipinski definition) is 7. The summed E-state index contributed by atoms with van der Waals surface area (Å²) in [6.07, 6.45) is 7.20. The van der Waals surface area contributed by atoms with Crippen LogP contribution >= 0.6 is 0 Å². The first-order chi connectivity index (χ1) is 14.9. The van der Waals surface area contributed by atoms with Gasteiger partial charge in [-0.2, -0.15) is 5.10 Å². The van der Waals surface area contributed by atoms with E-state index in [0.29, 0.717) is 23.9 Å². The SMILES string of the molecule is NC(=O)c1cccnc1O[C@H]1CC[C@H](NC(=O)c2cnn3cc(B(O)O)ccc23)CC1. The summed E-state index contributed by atoms with van der Waals surface area (Å²) >= 11 is 0. The van der Waals surface area contributed by atoms with Gasteiger partial charge >= 0.3 is 7.12 Å². The minimum atomic E-state index is -1.60. The second kappa shape index (κ2) is 8.74. The Bertz CT molecular complexity index is 1110. The highest BCUT2D eigenvalue weighted by Crippen LogP contribution is 2.25. The van der Waals surface area contributed by atoms with Crippen LogP contribution < -0.4 is 21.3 Å².